The second-order valence-corrected chi connectivity index (χ2v) is 5.05. The van der Waals surface area contributed by atoms with Gasteiger partial charge in [0, 0.05) is 7.05 Å². The van der Waals surface area contributed by atoms with E-state index >= 15 is 0 Å². The molecule has 1 aromatic rings. The van der Waals surface area contributed by atoms with Gasteiger partial charge in [0.15, 0.2) is 0 Å². The topological polar surface area (TPSA) is 42.7 Å². The molecule has 0 fully saturated rings. The molecule has 1 N–H and O–H groups in total. The molecule has 1 aromatic heterocycles. The Hall–Kier alpha value is -0.900. The number of hydrogen-bond acceptors (Lipinski definition) is 3. The second-order valence-electron chi connectivity index (χ2n) is 5.05. The third kappa shape index (κ3) is 4.09. The quantitative estimate of drug-likeness (QED) is 0.734. The molecule has 0 radical (unpaired) electrons. The van der Waals surface area contributed by atoms with Crippen LogP contribution in [0.15, 0.2) is 6.20 Å². The first kappa shape index (κ1) is 15.2. The third-order valence-electron chi connectivity index (χ3n) is 3.47. The maximum atomic E-state index is 4.07. The number of aryl methyl sites for hydroxylation is 1. The summed E-state index contributed by atoms with van der Waals surface area (Å²) < 4.78 is 1.91. The first-order valence-corrected chi connectivity index (χ1v) is 7.32. The van der Waals surface area contributed by atoms with Gasteiger partial charge in [-0.3, -0.25) is 4.68 Å². The molecule has 18 heavy (non-hydrogen) atoms. The smallest absolute Gasteiger partial charge is 0.0756 e. The molecule has 0 spiro atoms. The van der Waals surface area contributed by atoms with Crippen molar-refractivity contribution in [1.29, 1.82) is 0 Å². The molecule has 1 heterocycles. The molecule has 0 bridgehead atoms. The molecule has 0 aliphatic carbocycles. The molecular weight excluding hydrogens is 224 g/mol. The average molecular weight is 252 g/mol. The van der Waals surface area contributed by atoms with Gasteiger partial charge in [-0.05, 0) is 31.7 Å². The minimum atomic E-state index is 0.393. The Morgan fingerprint density at radius 2 is 1.83 bits per heavy atom. The molecule has 0 amide bonds. The van der Waals surface area contributed by atoms with E-state index in [4.69, 9.17) is 0 Å². The van der Waals surface area contributed by atoms with E-state index in [2.05, 4.69) is 36.4 Å². The highest BCUT2D eigenvalue weighted by Crippen LogP contribution is 2.29. The minimum absolute atomic E-state index is 0.393. The lowest BCUT2D eigenvalue weighted by Crippen LogP contribution is -2.30. The summed E-state index contributed by atoms with van der Waals surface area (Å²) in [7, 11) is 1.98. The van der Waals surface area contributed by atoms with Crippen LogP contribution in [0.25, 0.3) is 0 Å². The van der Waals surface area contributed by atoms with Crippen molar-refractivity contribution in [2.45, 2.75) is 58.9 Å². The van der Waals surface area contributed by atoms with Crippen molar-refractivity contribution in [3.05, 3.63) is 11.9 Å². The van der Waals surface area contributed by atoms with Crippen molar-refractivity contribution in [2.24, 2.45) is 13.0 Å². The molecule has 104 valence electrons. The molecule has 1 atom stereocenters. The van der Waals surface area contributed by atoms with E-state index in [1.807, 2.05) is 17.9 Å². The predicted molar refractivity (Wildman–Crippen MR) is 75.3 cm³/mol. The Bertz CT molecular complexity index is 315. The molecule has 0 aromatic carbocycles. The van der Waals surface area contributed by atoms with Gasteiger partial charge < -0.3 is 5.32 Å². The number of nitrogens with one attached hydrogen (secondary N) is 1. The van der Waals surface area contributed by atoms with Crippen molar-refractivity contribution in [1.82, 2.24) is 20.3 Å². The van der Waals surface area contributed by atoms with E-state index in [0.717, 1.165) is 13.0 Å². The Morgan fingerprint density at radius 3 is 2.28 bits per heavy atom. The number of rotatable bonds is 9. The van der Waals surface area contributed by atoms with Crippen molar-refractivity contribution in [3.63, 3.8) is 0 Å². The Kier molecular flexibility index (Phi) is 6.94. The molecule has 0 aliphatic rings. The van der Waals surface area contributed by atoms with E-state index in [1.54, 1.807) is 0 Å². The van der Waals surface area contributed by atoms with Crippen molar-refractivity contribution < 1.29 is 0 Å². The maximum Gasteiger partial charge on any atom is 0.0756 e. The van der Waals surface area contributed by atoms with Gasteiger partial charge in [-0.1, -0.05) is 38.8 Å². The van der Waals surface area contributed by atoms with Gasteiger partial charge >= 0.3 is 0 Å². The summed E-state index contributed by atoms with van der Waals surface area (Å²) >= 11 is 0. The first-order valence-electron chi connectivity index (χ1n) is 7.32. The summed E-state index contributed by atoms with van der Waals surface area (Å²) in [6.07, 6.45) is 8.07. The number of nitrogens with zero attached hydrogens (tertiary/aromatic N) is 3. The van der Waals surface area contributed by atoms with E-state index in [-0.39, 0.29) is 0 Å². The van der Waals surface area contributed by atoms with Gasteiger partial charge in [0.2, 0.25) is 0 Å². The summed E-state index contributed by atoms with van der Waals surface area (Å²) in [6.45, 7) is 7.79. The molecule has 4 nitrogen and oxygen atoms in total. The van der Waals surface area contributed by atoms with Gasteiger partial charge in [0.25, 0.3) is 0 Å². The predicted octanol–water partition coefficient (Wildman–Crippen LogP) is 3.07. The highest BCUT2D eigenvalue weighted by atomic mass is 15.4. The van der Waals surface area contributed by atoms with Crippen LogP contribution in [0.5, 0.6) is 0 Å². The fourth-order valence-corrected chi connectivity index (χ4v) is 2.61. The standard InChI is InChI=1S/C14H28N4/c1-5-8-12(9-6-2)14(15-10-7-3)13-11-16-17-18(13)4/h11-12,14-15H,5-10H2,1-4H3. The summed E-state index contributed by atoms with van der Waals surface area (Å²) in [4.78, 5) is 0. The SMILES string of the molecule is CCCNC(c1cnnn1C)C(CCC)CCC. The second kappa shape index (κ2) is 8.25. The van der Waals surface area contributed by atoms with Crippen molar-refractivity contribution in [2.75, 3.05) is 6.54 Å². The van der Waals surface area contributed by atoms with Crippen LogP contribution in [0, 0.1) is 5.92 Å². The van der Waals surface area contributed by atoms with Gasteiger partial charge in [-0.2, -0.15) is 0 Å². The summed E-state index contributed by atoms with van der Waals surface area (Å²) in [5.74, 6) is 0.684. The molecular formula is C14H28N4. The van der Waals surface area contributed by atoms with E-state index in [9.17, 15) is 0 Å². The molecule has 0 saturated heterocycles. The molecule has 4 heteroatoms. The lowest BCUT2D eigenvalue weighted by atomic mass is 9.88. The summed E-state index contributed by atoms with van der Waals surface area (Å²) in [5.41, 5.74) is 1.22. The van der Waals surface area contributed by atoms with Crippen molar-refractivity contribution in [3.8, 4) is 0 Å². The van der Waals surface area contributed by atoms with E-state index < -0.39 is 0 Å². The highest BCUT2D eigenvalue weighted by Gasteiger charge is 2.24. The molecule has 0 saturated carbocycles. The fraction of sp³-hybridized carbons (Fsp3) is 0.857. The average Bonchev–Trinajstić information content (AvgIpc) is 2.77. The van der Waals surface area contributed by atoms with Gasteiger partial charge in [-0.15, -0.1) is 5.10 Å². The van der Waals surface area contributed by atoms with E-state index in [0.29, 0.717) is 12.0 Å². The number of aromatic nitrogens is 3. The van der Waals surface area contributed by atoms with Crippen LogP contribution in [0.4, 0.5) is 0 Å². The van der Waals surface area contributed by atoms with Gasteiger partial charge in [0.05, 0.1) is 17.9 Å². The van der Waals surface area contributed by atoms with Gasteiger partial charge in [-0.25, -0.2) is 0 Å². The van der Waals surface area contributed by atoms with Crippen molar-refractivity contribution >= 4 is 0 Å². The van der Waals surface area contributed by atoms with Crippen LogP contribution < -0.4 is 5.32 Å². The van der Waals surface area contributed by atoms with Gasteiger partial charge in [0.1, 0.15) is 0 Å². The fourth-order valence-electron chi connectivity index (χ4n) is 2.61. The maximum absolute atomic E-state index is 4.07. The largest absolute Gasteiger partial charge is 0.308 e. The zero-order chi connectivity index (χ0) is 13.4. The van der Waals surface area contributed by atoms with E-state index in [1.165, 1.54) is 31.4 Å². The lowest BCUT2D eigenvalue weighted by molar-refractivity contribution is 0.304. The minimum Gasteiger partial charge on any atom is -0.308 e. The molecule has 1 rings (SSSR count). The Morgan fingerprint density at radius 1 is 1.17 bits per heavy atom. The number of hydrogen-bond donors (Lipinski definition) is 1. The molecule has 1 unspecified atom stereocenters. The Balaban J connectivity index is 2.84. The highest BCUT2D eigenvalue weighted by molar-refractivity contribution is 5.04. The van der Waals surface area contributed by atoms with Crippen LogP contribution >= 0.6 is 0 Å². The van der Waals surface area contributed by atoms with Crippen LogP contribution in [0.3, 0.4) is 0 Å². The summed E-state index contributed by atoms with van der Waals surface area (Å²) in [6, 6.07) is 0.393. The summed E-state index contributed by atoms with van der Waals surface area (Å²) in [5, 5.41) is 11.8. The zero-order valence-electron chi connectivity index (χ0n) is 12.3. The lowest BCUT2D eigenvalue weighted by Gasteiger charge is -2.27. The van der Waals surface area contributed by atoms with Crippen LogP contribution in [0.1, 0.15) is 64.6 Å². The van der Waals surface area contributed by atoms with Crippen LogP contribution in [0.2, 0.25) is 0 Å². The third-order valence-corrected chi connectivity index (χ3v) is 3.47. The molecule has 0 aliphatic heterocycles. The Labute approximate surface area is 111 Å². The zero-order valence-corrected chi connectivity index (χ0v) is 12.3. The first-order chi connectivity index (χ1) is 8.74. The normalized spacial score (nSPS) is 13.2. The van der Waals surface area contributed by atoms with Crippen LogP contribution in [-0.2, 0) is 7.05 Å². The monoisotopic (exact) mass is 252 g/mol. The van der Waals surface area contributed by atoms with Crippen LogP contribution in [-0.4, -0.2) is 21.5 Å².